The quantitative estimate of drug-likeness (QED) is 0.330. The molecule has 1 heterocycles. The number of carbonyl (C=O) groups excluding carboxylic acids is 2. The van der Waals surface area contributed by atoms with Crippen molar-refractivity contribution >= 4 is 11.8 Å². The normalized spacial score (nSPS) is 11.2. The third kappa shape index (κ3) is 3.38. The molecule has 1 aromatic heterocycles. The zero-order valence-electron chi connectivity index (χ0n) is 9.36. The lowest BCUT2D eigenvalue weighted by Gasteiger charge is -2.02. The average molecular weight is 222 g/mol. The number of ether oxygens (including phenoxy) is 1. The number of carbonyl (C=O) groups is 2. The second kappa shape index (κ2) is 5.90. The van der Waals surface area contributed by atoms with Crippen LogP contribution < -0.4 is 0 Å². The number of hydrogen-bond acceptors (Lipinski definition) is 4. The summed E-state index contributed by atoms with van der Waals surface area (Å²) in [5.74, 6) is -0.186. The van der Waals surface area contributed by atoms with E-state index in [1.807, 2.05) is 0 Å². The largest absolute Gasteiger partial charge is 0.469 e. The highest BCUT2D eigenvalue weighted by Gasteiger charge is 2.15. The lowest BCUT2D eigenvalue weighted by Crippen LogP contribution is -2.13. The van der Waals surface area contributed by atoms with Crippen LogP contribution in [0.3, 0.4) is 0 Å². The van der Waals surface area contributed by atoms with E-state index in [0.717, 1.165) is 0 Å². The average Bonchev–Trinajstić information content (AvgIpc) is 2.70. The minimum atomic E-state index is -0.582. The highest BCUT2D eigenvalue weighted by molar-refractivity contribution is 6.16. The first kappa shape index (κ1) is 12.2. The van der Waals surface area contributed by atoms with Gasteiger partial charge in [-0.2, -0.15) is 0 Å². The molecule has 0 aromatic carbocycles. The standard InChI is InChI=1S/C12H14O4/c1-3-15-12(14)11(9(2)13)7-6-10-5-4-8-16-10/h4-5,7-8H,3,6H2,1-2H3. The molecule has 4 nitrogen and oxygen atoms in total. The van der Waals surface area contributed by atoms with Crippen LogP contribution in [-0.2, 0) is 20.7 Å². The van der Waals surface area contributed by atoms with Gasteiger partial charge in [-0.3, -0.25) is 4.79 Å². The highest BCUT2D eigenvalue weighted by Crippen LogP contribution is 2.06. The van der Waals surface area contributed by atoms with Crippen molar-refractivity contribution in [1.82, 2.24) is 0 Å². The predicted molar refractivity (Wildman–Crippen MR) is 57.8 cm³/mol. The Kier molecular flexibility index (Phi) is 4.51. The maximum absolute atomic E-state index is 11.4. The summed E-state index contributed by atoms with van der Waals surface area (Å²) in [6.07, 6.45) is 3.47. The van der Waals surface area contributed by atoms with Gasteiger partial charge in [0.05, 0.1) is 18.4 Å². The van der Waals surface area contributed by atoms with Crippen molar-refractivity contribution in [2.45, 2.75) is 20.3 Å². The van der Waals surface area contributed by atoms with E-state index in [2.05, 4.69) is 0 Å². The number of ketones is 1. The summed E-state index contributed by atoms with van der Waals surface area (Å²) < 4.78 is 9.87. The minimum absolute atomic E-state index is 0.0678. The van der Waals surface area contributed by atoms with Crippen LogP contribution in [0.2, 0.25) is 0 Å². The number of hydrogen-bond donors (Lipinski definition) is 0. The molecule has 0 spiro atoms. The zero-order valence-corrected chi connectivity index (χ0v) is 9.36. The van der Waals surface area contributed by atoms with Crippen molar-refractivity contribution in [1.29, 1.82) is 0 Å². The molecule has 0 bridgehead atoms. The molecule has 4 heteroatoms. The Morgan fingerprint density at radius 2 is 2.25 bits per heavy atom. The van der Waals surface area contributed by atoms with E-state index in [1.54, 1.807) is 25.3 Å². The van der Waals surface area contributed by atoms with Crippen molar-refractivity contribution in [3.05, 3.63) is 35.8 Å². The Morgan fingerprint density at radius 1 is 1.50 bits per heavy atom. The van der Waals surface area contributed by atoms with Crippen molar-refractivity contribution < 1.29 is 18.7 Å². The van der Waals surface area contributed by atoms with Gasteiger partial charge in [-0.25, -0.2) is 4.79 Å². The van der Waals surface area contributed by atoms with Crippen molar-refractivity contribution in [3.8, 4) is 0 Å². The van der Waals surface area contributed by atoms with Gasteiger partial charge in [0, 0.05) is 6.42 Å². The maximum Gasteiger partial charge on any atom is 0.341 e. The van der Waals surface area contributed by atoms with Crippen LogP contribution in [0.4, 0.5) is 0 Å². The molecule has 0 N–H and O–H groups in total. The van der Waals surface area contributed by atoms with Crippen LogP contribution in [0.25, 0.3) is 0 Å². The van der Waals surface area contributed by atoms with Crippen LogP contribution in [0.15, 0.2) is 34.5 Å². The third-order valence-electron chi connectivity index (χ3n) is 1.96. The SMILES string of the molecule is CCOC(=O)C(=CCc1ccco1)C(C)=O. The minimum Gasteiger partial charge on any atom is -0.469 e. The van der Waals surface area contributed by atoms with E-state index >= 15 is 0 Å². The monoisotopic (exact) mass is 222 g/mol. The summed E-state index contributed by atoms with van der Waals surface area (Å²) in [5.41, 5.74) is 0.0678. The molecule has 1 rings (SSSR count). The van der Waals surface area contributed by atoms with E-state index < -0.39 is 5.97 Å². The molecule has 0 aliphatic heterocycles. The molecule has 16 heavy (non-hydrogen) atoms. The van der Waals surface area contributed by atoms with Gasteiger partial charge in [-0.05, 0) is 26.0 Å². The fourth-order valence-electron chi connectivity index (χ4n) is 1.21. The van der Waals surface area contributed by atoms with Gasteiger partial charge in [0.15, 0.2) is 5.78 Å². The van der Waals surface area contributed by atoms with Crippen molar-refractivity contribution in [2.24, 2.45) is 0 Å². The van der Waals surface area contributed by atoms with Crippen molar-refractivity contribution in [3.63, 3.8) is 0 Å². The van der Waals surface area contributed by atoms with Gasteiger partial charge < -0.3 is 9.15 Å². The topological polar surface area (TPSA) is 56.5 Å². The number of Topliss-reactive ketones (excluding diaryl/α,β-unsaturated/α-hetero) is 1. The molecule has 0 saturated heterocycles. The molecule has 1 aromatic rings. The van der Waals surface area contributed by atoms with Crippen LogP contribution in [-0.4, -0.2) is 18.4 Å². The Labute approximate surface area is 93.9 Å². The Morgan fingerprint density at radius 3 is 2.75 bits per heavy atom. The summed E-state index contributed by atoms with van der Waals surface area (Å²) in [4.78, 5) is 22.6. The molecular formula is C12H14O4. The smallest absolute Gasteiger partial charge is 0.341 e. The van der Waals surface area contributed by atoms with Gasteiger partial charge in [-0.1, -0.05) is 6.08 Å². The van der Waals surface area contributed by atoms with E-state index in [1.165, 1.54) is 13.0 Å². The van der Waals surface area contributed by atoms with Crippen LogP contribution >= 0.6 is 0 Å². The first-order chi connectivity index (χ1) is 7.65. The van der Waals surface area contributed by atoms with E-state index in [4.69, 9.17) is 9.15 Å². The predicted octanol–water partition coefficient (Wildman–Crippen LogP) is 1.90. The van der Waals surface area contributed by atoms with Crippen LogP contribution in [0, 0.1) is 0 Å². The third-order valence-corrected chi connectivity index (χ3v) is 1.96. The fraction of sp³-hybridized carbons (Fsp3) is 0.333. The first-order valence-electron chi connectivity index (χ1n) is 5.05. The summed E-state index contributed by atoms with van der Waals surface area (Å²) in [6.45, 7) is 3.29. The number of rotatable bonds is 5. The Hall–Kier alpha value is -1.84. The molecule has 0 saturated carbocycles. The van der Waals surface area contributed by atoms with Gasteiger partial charge in [0.1, 0.15) is 5.76 Å². The van der Waals surface area contributed by atoms with E-state index in [-0.39, 0.29) is 18.0 Å². The summed E-state index contributed by atoms with van der Waals surface area (Å²) in [5, 5.41) is 0. The van der Waals surface area contributed by atoms with E-state index in [0.29, 0.717) is 12.2 Å². The molecule has 86 valence electrons. The Balaban J connectivity index is 2.73. The van der Waals surface area contributed by atoms with Gasteiger partial charge >= 0.3 is 5.97 Å². The second-order valence-electron chi connectivity index (χ2n) is 3.18. The lowest BCUT2D eigenvalue weighted by molar-refractivity contribution is -0.139. The van der Waals surface area contributed by atoms with Gasteiger partial charge in [0.25, 0.3) is 0 Å². The number of allylic oxidation sites excluding steroid dienone is 1. The highest BCUT2D eigenvalue weighted by atomic mass is 16.5. The van der Waals surface area contributed by atoms with E-state index in [9.17, 15) is 9.59 Å². The van der Waals surface area contributed by atoms with Crippen LogP contribution in [0.1, 0.15) is 19.6 Å². The zero-order chi connectivity index (χ0) is 12.0. The Bertz CT molecular complexity index is 387. The number of esters is 1. The fourth-order valence-corrected chi connectivity index (χ4v) is 1.21. The first-order valence-corrected chi connectivity index (χ1v) is 5.05. The summed E-state index contributed by atoms with van der Waals surface area (Å²) in [7, 11) is 0. The molecule has 0 radical (unpaired) electrons. The summed E-state index contributed by atoms with van der Waals surface area (Å²) >= 11 is 0. The van der Waals surface area contributed by atoms with Crippen LogP contribution in [0.5, 0.6) is 0 Å². The molecular weight excluding hydrogens is 208 g/mol. The molecule has 0 amide bonds. The molecule has 0 aliphatic carbocycles. The van der Waals surface area contributed by atoms with Crippen molar-refractivity contribution in [2.75, 3.05) is 6.61 Å². The summed E-state index contributed by atoms with van der Waals surface area (Å²) in [6, 6.07) is 3.53. The second-order valence-corrected chi connectivity index (χ2v) is 3.18. The molecule has 0 atom stereocenters. The molecule has 0 unspecified atom stereocenters. The maximum atomic E-state index is 11.4. The lowest BCUT2D eigenvalue weighted by atomic mass is 10.1. The molecule has 0 aliphatic rings. The molecule has 0 fully saturated rings. The van der Waals surface area contributed by atoms with Gasteiger partial charge in [-0.15, -0.1) is 0 Å². The van der Waals surface area contributed by atoms with Gasteiger partial charge in [0.2, 0.25) is 0 Å². The number of furan rings is 1.